The molecular formula is C40H38Cl2N2O5S2. The predicted molar refractivity (Wildman–Crippen MR) is 204 cm³/mol. The number of benzene rings is 5. The van der Waals surface area contributed by atoms with Crippen molar-refractivity contribution in [3.8, 4) is 5.69 Å². The van der Waals surface area contributed by atoms with Gasteiger partial charge in [-0.05, 0) is 122 Å². The average molecular weight is 762 g/mol. The lowest BCUT2D eigenvalue weighted by Gasteiger charge is -2.34. The van der Waals surface area contributed by atoms with E-state index in [1.807, 2.05) is 52.0 Å². The number of hydrogen-bond acceptors (Lipinski definition) is 5. The normalized spacial score (nSPS) is 13.7. The summed E-state index contributed by atoms with van der Waals surface area (Å²) in [6, 6.07) is 33.2. The molecule has 0 saturated heterocycles. The van der Waals surface area contributed by atoms with E-state index in [4.69, 9.17) is 23.2 Å². The van der Waals surface area contributed by atoms with Crippen molar-refractivity contribution < 1.29 is 16.8 Å². The van der Waals surface area contributed by atoms with Gasteiger partial charge in [0.1, 0.15) is 0 Å². The van der Waals surface area contributed by atoms with Gasteiger partial charge in [0.2, 0.25) is 19.7 Å². The van der Waals surface area contributed by atoms with Crippen LogP contribution in [0.15, 0.2) is 146 Å². The van der Waals surface area contributed by atoms with Crippen LogP contribution in [0.3, 0.4) is 0 Å². The molecule has 0 saturated carbocycles. The van der Waals surface area contributed by atoms with Crippen molar-refractivity contribution >= 4 is 53.9 Å². The topological polar surface area (TPSA) is 95.2 Å². The molecule has 0 radical (unpaired) electrons. The molecule has 0 aliphatic heterocycles. The third kappa shape index (κ3) is 6.35. The zero-order valence-corrected chi connectivity index (χ0v) is 31.8. The van der Waals surface area contributed by atoms with E-state index in [-0.39, 0.29) is 25.3 Å². The highest BCUT2D eigenvalue weighted by Crippen LogP contribution is 2.37. The van der Waals surface area contributed by atoms with Crippen molar-refractivity contribution in [1.29, 1.82) is 0 Å². The predicted octanol–water partition coefficient (Wildman–Crippen LogP) is 9.54. The molecule has 1 heterocycles. The van der Waals surface area contributed by atoms with Gasteiger partial charge in [0.05, 0.1) is 46.7 Å². The van der Waals surface area contributed by atoms with E-state index in [1.54, 1.807) is 81.9 Å². The number of sulfone groups is 2. The van der Waals surface area contributed by atoms with Crippen LogP contribution in [0.1, 0.15) is 58.1 Å². The molecule has 0 aliphatic rings. The van der Waals surface area contributed by atoms with Crippen LogP contribution >= 0.6 is 23.2 Å². The molecule has 1 unspecified atom stereocenters. The molecule has 0 amide bonds. The number of nitrogens with zero attached hydrogens (tertiary/aromatic N) is 2. The second-order valence-corrected chi connectivity index (χ2v) is 17.9. The number of imidazole rings is 1. The molecule has 0 aliphatic carbocycles. The average Bonchev–Trinajstić information content (AvgIpc) is 3.44. The molecule has 264 valence electrons. The fourth-order valence-corrected chi connectivity index (χ4v) is 9.48. The number of halogens is 2. The SMILES string of the molecule is CCC(C)(Cl)c1ccc(S(=O)(=O)c2ccc(-n3c(=O)n(C(CC)(CC)c4ccc(S(=O)(=O)c5ccc(Cl)cc5)cc4)c4ccccc43)cc2)cc1. The van der Waals surface area contributed by atoms with Crippen LogP contribution in [0.4, 0.5) is 0 Å². The van der Waals surface area contributed by atoms with Crippen LogP contribution in [-0.4, -0.2) is 26.0 Å². The van der Waals surface area contributed by atoms with E-state index in [0.29, 0.717) is 41.0 Å². The summed E-state index contributed by atoms with van der Waals surface area (Å²) in [5.74, 6) is 0. The molecule has 7 nitrogen and oxygen atoms in total. The first-order chi connectivity index (χ1) is 24.2. The Morgan fingerprint density at radius 1 is 0.569 bits per heavy atom. The monoisotopic (exact) mass is 760 g/mol. The molecule has 6 rings (SSSR count). The van der Waals surface area contributed by atoms with Crippen molar-refractivity contribution in [3.05, 3.63) is 148 Å². The fourth-order valence-electron chi connectivity index (χ4n) is 6.71. The highest BCUT2D eigenvalue weighted by atomic mass is 35.5. The van der Waals surface area contributed by atoms with Crippen LogP contribution in [0.5, 0.6) is 0 Å². The molecule has 0 N–H and O–H groups in total. The molecule has 5 aromatic carbocycles. The van der Waals surface area contributed by atoms with E-state index in [0.717, 1.165) is 11.1 Å². The summed E-state index contributed by atoms with van der Waals surface area (Å²) >= 11 is 12.6. The smallest absolute Gasteiger partial charge is 0.281 e. The zero-order chi connectivity index (χ0) is 36.8. The minimum Gasteiger partial charge on any atom is -0.281 e. The van der Waals surface area contributed by atoms with Gasteiger partial charge in [-0.2, -0.15) is 0 Å². The summed E-state index contributed by atoms with van der Waals surface area (Å²) < 4.78 is 57.3. The number of rotatable bonds is 11. The summed E-state index contributed by atoms with van der Waals surface area (Å²) in [4.78, 5) is 14.5. The van der Waals surface area contributed by atoms with Gasteiger partial charge in [0, 0.05) is 5.02 Å². The van der Waals surface area contributed by atoms with Crippen LogP contribution in [-0.2, 0) is 30.1 Å². The minimum atomic E-state index is -3.84. The van der Waals surface area contributed by atoms with Crippen LogP contribution in [0, 0.1) is 0 Å². The zero-order valence-electron chi connectivity index (χ0n) is 28.7. The van der Waals surface area contributed by atoms with Gasteiger partial charge < -0.3 is 0 Å². The molecule has 0 fully saturated rings. The molecule has 6 aromatic rings. The molecule has 0 spiro atoms. The maximum absolute atomic E-state index is 14.6. The Morgan fingerprint density at radius 3 is 1.43 bits per heavy atom. The van der Waals surface area contributed by atoms with Gasteiger partial charge in [-0.15, -0.1) is 11.6 Å². The van der Waals surface area contributed by atoms with Crippen LogP contribution in [0.25, 0.3) is 16.7 Å². The molecule has 1 aromatic heterocycles. The highest BCUT2D eigenvalue weighted by molar-refractivity contribution is 7.91. The van der Waals surface area contributed by atoms with Crippen molar-refractivity contribution in [1.82, 2.24) is 9.13 Å². The second kappa shape index (κ2) is 13.8. The highest BCUT2D eigenvalue weighted by Gasteiger charge is 2.36. The van der Waals surface area contributed by atoms with Gasteiger partial charge in [0.15, 0.2) is 0 Å². The van der Waals surface area contributed by atoms with E-state index in [2.05, 4.69) is 0 Å². The van der Waals surface area contributed by atoms with E-state index in [9.17, 15) is 21.6 Å². The summed E-state index contributed by atoms with van der Waals surface area (Å²) in [5, 5.41) is 0.443. The number of para-hydroxylation sites is 2. The lowest BCUT2D eigenvalue weighted by molar-refractivity contribution is 0.327. The molecule has 1 atom stereocenters. The fraction of sp³-hybridized carbons (Fsp3) is 0.225. The third-order valence-electron chi connectivity index (χ3n) is 10.0. The summed E-state index contributed by atoms with van der Waals surface area (Å²) in [7, 11) is -7.63. The number of hydrogen-bond donors (Lipinski definition) is 0. The molecule has 0 bridgehead atoms. The van der Waals surface area contributed by atoms with E-state index >= 15 is 0 Å². The largest absolute Gasteiger partial charge is 0.334 e. The van der Waals surface area contributed by atoms with Crippen molar-refractivity contribution in [2.45, 2.75) is 77.0 Å². The van der Waals surface area contributed by atoms with Gasteiger partial charge in [-0.3, -0.25) is 9.13 Å². The Kier molecular flexibility index (Phi) is 9.89. The van der Waals surface area contributed by atoms with Crippen LogP contribution < -0.4 is 5.69 Å². The maximum atomic E-state index is 14.6. The van der Waals surface area contributed by atoms with Gasteiger partial charge in [0.25, 0.3) is 0 Å². The van der Waals surface area contributed by atoms with Gasteiger partial charge in [-0.25, -0.2) is 21.6 Å². The Morgan fingerprint density at radius 2 is 0.980 bits per heavy atom. The van der Waals surface area contributed by atoms with E-state index < -0.39 is 30.1 Å². The number of alkyl halides is 1. The standard InChI is InChI=1S/C40H38Cl2N2O5S2/c1-5-39(4,42)28-12-20-32(21-13-28)51(48,49)35-26-18-31(19-27-35)43-36-10-8-9-11-37(36)44(38(43)45)40(6-2,7-3)29-14-22-33(23-15-29)50(46,47)34-24-16-30(41)17-25-34/h8-27H,5-7H2,1-4H3. The third-order valence-corrected chi connectivity index (χ3v) is 14.3. The second-order valence-electron chi connectivity index (χ2n) is 12.7. The Bertz CT molecular complexity index is 2480. The quantitative estimate of drug-likeness (QED) is 0.123. The summed E-state index contributed by atoms with van der Waals surface area (Å²) in [5.41, 5.74) is 2.36. The molecular weight excluding hydrogens is 723 g/mol. The summed E-state index contributed by atoms with van der Waals surface area (Å²) in [6.07, 6.45) is 1.77. The number of aromatic nitrogens is 2. The van der Waals surface area contributed by atoms with Crippen molar-refractivity contribution in [2.24, 2.45) is 0 Å². The lowest BCUT2D eigenvalue weighted by Crippen LogP contribution is -2.41. The first kappa shape index (κ1) is 36.6. The van der Waals surface area contributed by atoms with Crippen LogP contribution in [0.2, 0.25) is 5.02 Å². The van der Waals surface area contributed by atoms with Crippen molar-refractivity contribution in [3.63, 3.8) is 0 Å². The van der Waals surface area contributed by atoms with Gasteiger partial charge in [-0.1, -0.05) is 68.8 Å². The first-order valence-corrected chi connectivity index (χ1v) is 20.4. The summed E-state index contributed by atoms with van der Waals surface area (Å²) in [6.45, 7) is 7.88. The Balaban J connectivity index is 1.41. The first-order valence-electron chi connectivity index (χ1n) is 16.7. The van der Waals surface area contributed by atoms with Crippen molar-refractivity contribution in [2.75, 3.05) is 0 Å². The van der Waals surface area contributed by atoms with Gasteiger partial charge >= 0.3 is 5.69 Å². The Hall–Kier alpha value is -4.15. The Labute approximate surface area is 308 Å². The minimum absolute atomic E-state index is 0.102. The lowest BCUT2D eigenvalue weighted by atomic mass is 9.84. The van der Waals surface area contributed by atoms with E-state index in [1.165, 1.54) is 24.3 Å². The number of fused-ring (bicyclic) bond motifs is 1. The molecule has 11 heteroatoms. The molecule has 51 heavy (non-hydrogen) atoms. The maximum Gasteiger partial charge on any atom is 0.334 e.